The molecule has 2 aromatic heterocycles. The van der Waals surface area contributed by atoms with Crippen LogP contribution >= 0.6 is 11.3 Å². The number of carbonyl (C=O) groups is 1. The Kier molecular flexibility index (Phi) is 4.14. The first kappa shape index (κ1) is 15.4. The maximum absolute atomic E-state index is 12.0. The molecular weight excluding hydrogens is 332 g/mol. The number of hydrogen-bond acceptors (Lipinski definition) is 4. The van der Waals surface area contributed by atoms with Gasteiger partial charge in [0.2, 0.25) is 5.91 Å². The van der Waals surface area contributed by atoms with Crippen LogP contribution in [0.1, 0.15) is 5.76 Å². The predicted octanol–water partition coefficient (Wildman–Crippen LogP) is 5.21. The molecule has 0 saturated carbocycles. The van der Waals surface area contributed by atoms with Crippen LogP contribution in [-0.2, 0) is 4.79 Å². The number of thiazole rings is 1. The molecule has 122 valence electrons. The third-order valence-corrected chi connectivity index (χ3v) is 4.50. The van der Waals surface area contributed by atoms with E-state index in [1.54, 1.807) is 24.5 Å². The van der Waals surface area contributed by atoms with E-state index >= 15 is 0 Å². The van der Waals surface area contributed by atoms with Crippen molar-refractivity contribution >= 4 is 39.2 Å². The number of anilines is 1. The first-order valence-corrected chi connectivity index (χ1v) is 8.64. The van der Waals surface area contributed by atoms with Crippen LogP contribution in [0.15, 0.2) is 76.7 Å². The van der Waals surface area contributed by atoms with Crippen molar-refractivity contribution in [2.45, 2.75) is 0 Å². The number of amides is 1. The average Bonchev–Trinajstić information content (AvgIpc) is 3.31. The molecule has 5 heteroatoms. The topological polar surface area (TPSA) is 55.1 Å². The number of rotatable bonds is 4. The molecule has 0 bridgehead atoms. The van der Waals surface area contributed by atoms with E-state index in [1.807, 2.05) is 29.6 Å². The summed E-state index contributed by atoms with van der Waals surface area (Å²) in [6, 6.07) is 17.9. The van der Waals surface area contributed by atoms with Gasteiger partial charge in [0.05, 0.1) is 12.0 Å². The Morgan fingerprint density at radius 2 is 1.96 bits per heavy atom. The van der Waals surface area contributed by atoms with E-state index in [0.29, 0.717) is 10.9 Å². The molecule has 1 amide bonds. The molecule has 0 aliphatic heterocycles. The Balaban J connectivity index is 1.55. The van der Waals surface area contributed by atoms with Gasteiger partial charge >= 0.3 is 0 Å². The fourth-order valence-corrected chi connectivity index (χ4v) is 3.31. The lowest BCUT2D eigenvalue weighted by Gasteiger charge is -2.03. The first-order chi connectivity index (χ1) is 12.3. The number of fused-ring (bicyclic) bond motifs is 1. The number of furan rings is 1. The molecule has 0 spiro atoms. The summed E-state index contributed by atoms with van der Waals surface area (Å²) in [6.45, 7) is 0. The average molecular weight is 346 g/mol. The standard InChI is InChI=1S/C20H14N2O2S/c23-19(11-10-15-7-4-12-24-15)22-20-21-18(13-25-20)17-9-3-6-14-5-1-2-8-16(14)17/h1-13H,(H,21,22,23)/b11-10+. The van der Waals surface area contributed by atoms with Gasteiger partial charge in [0.15, 0.2) is 5.13 Å². The summed E-state index contributed by atoms with van der Waals surface area (Å²) in [7, 11) is 0. The SMILES string of the molecule is O=C(/C=C/c1ccco1)Nc1nc(-c2cccc3ccccc23)cs1. The Morgan fingerprint density at radius 1 is 1.08 bits per heavy atom. The minimum absolute atomic E-state index is 0.241. The van der Waals surface area contributed by atoms with Gasteiger partial charge in [-0.25, -0.2) is 4.98 Å². The molecule has 0 aliphatic carbocycles. The van der Waals surface area contributed by atoms with Crippen molar-refractivity contribution in [2.75, 3.05) is 5.32 Å². The second kappa shape index (κ2) is 6.75. The van der Waals surface area contributed by atoms with Gasteiger partial charge in [-0.2, -0.15) is 0 Å². The molecule has 0 radical (unpaired) electrons. The molecule has 25 heavy (non-hydrogen) atoms. The van der Waals surface area contributed by atoms with E-state index < -0.39 is 0 Å². The maximum Gasteiger partial charge on any atom is 0.250 e. The summed E-state index contributed by atoms with van der Waals surface area (Å²) in [4.78, 5) is 16.5. The van der Waals surface area contributed by atoms with Gasteiger partial charge in [-0.1, -0.05) is 42.5 Å². The summed E-state index contributed by atoms with van der Waals surface area (Å²) in [5, 5.41) is 7.61. The van der Waals surface area contributed by atoms with Gasteiger partial charge < -0.3 is 4.42 Å². The molecule has 4 rings (SSSR count). The highest BCUT2D eigenvalue weighted by Crippen LogP contribution is 2.30. The van der Waals surface area contributed by atoms with E-state index in [2.05, 4.69) is 28.5 Å². The number of nitrogens with zero attached hydrogens (tertiary/aromatic N) is 1. The fourth-order valence-electron chi connectivity index (χ4n) is 2.59. The van der Waals surface area contributed by atoms with Crippen molar-refractivity contribution in [3.05, 3.63) is 78.1 Å². The molecule has 2 heterocycles. The van der Waals surface area contributed by atoms with Crippen LogP contribution in [0.2, 0.25) is 0 Å². The van der Waals surface area contributed by atoms with Crippen LogP contribution in [0.4, 0.5) is 5.13 Å². The van der Waals surface area contributed by atoms with Crippen molar-refractivity contribution in [1.82, 2.24) is 4.98 Å². The molecule has 4 aromatic rings. The highest BCUT2D eigenvalue weighted by molar-refractivity contribution is 7.14. The van der Waals surface area contributed by atoms with Gasteiger partial charge in [0, 0.05) is 17.0 Å². The first-order valence-electron chi connectivity index (χ1n) is 7.76. The zero-order valence-corrected chi connectivity index (χ0v) is 14.0. The van der Waals surface area contributed by atoms with Crippen molar-refractivity contribution in [3.8, 4) is 11.3 Å². The summed E-state index contributed by atoms with van der Waals surface area (Å²) in [5.74, 6) is 0.390. The number of aromatic nitrogens is 1. The van der Waals surface area contributed by atoms with Crippen LogP contribution in [-0.4, -0.2) is 10.9 Å². The van der Waals surface area contributed by atoms with Gasteiger partial charge in [0.1, 0.15) is 5.76 Å². The monoisotopic (exact) mass is 346 g/mol. The third-order valence-electron chi connectivity index (χ3n) is 3.74. The highest BCUT2D eigenvalue weighted by Gasteiger charge is 2.09. The van der Waals surface area contributed by atoms with Crippen molar-refractivity contribution in [3.63, 3.8) is 0 Å². The van der Waals surface area contributed by atoms with Gasteiger partial charge in [-0.15, -0.1) is 11.3 Å². The zero-order valence-electron chi connectivity index (χ0n) is 13.2. The lowest BCUT2D eigenvalue weighted by atomic mass is 10.0. The number of carbonyl (C=O) groups excluding carboxylic acids is 1. The molecule has 0 aliphatic rings. The van der Waals surface area contributed by atoms with Gasteiger partial charge in [-0.3, -0.25) is 10.1 Å². The summed E-state index contributed by atoms with van der Waals surface area (Å²) >= 11 is 1.40. The van der Waals surface area contributed by atoms with E-state index in [1.165, 1.54) is 22.8 Å². The maximum atomic E-state index is 12.0. The Labute approximate surface area is 148 Å². The van der Waals surface area contributed by atoms with E-state index in [9.17, 15) is 4.79 Å². The predicted molar refractivity (Wildman–Crippen MR) is 101 cm³/mol. The minimum Gasteiger partial charge on any atom is -0.465 e. The fraction of sp³-hybridized carbons (Fsp3) is 0. The quantitative estimate of drug-likeness (QED) is 0.516. The Morgan fingerprint density at radius 3 is 2.84 bits per heavy atom. The van der Waals surface area contributed by atoms with Crippen LogP contribution in [0.25, 0.3) is 28.1 Å². The van der Waals surface area contributed by atoms with Crippen molar-refractivity contribution < 1.29 is 9.21 Å². The highest BCUT2D eigenvalue weighted by atomic mass is 32.1. The summed E-state index contributed by atoms with van der Waals surface area (Å²) in [5.41, 5.74) is 1.91. The second-order valence-electron chi connectivity index (χ2n) is 5.40. The molecule has 0 unspecified atom stereocenters. The van der Waals surface area contributed by atoms with E-state index in [4.69, 9.17) is 4.42 Å². The molecule has 0 fully saturated rings. The summed E-state index contributed by atoms with van der Waals surface area (Å²) in [6.07, 6.45) is 4.61. The molecule has 4 nitrogen and oxygen atoms in total. The van der Waals surface area contributed by atoms with Crippen LogP contribution < -0.4 is 5.32 Å². The molecule has 0 saturated heterocycles. The summed E-state index contributed by atoms with van der Waals surface area (Å²) < 4.78 is 5.16. The number of nitrogens with one attached hydrogen (secondary N) is 1. The van der Waals surface area contributed by atoms with Crippen LogP contribution in [0, 0.1) is 0 Å². The normalized spacial score (nSPS) is 11.2. The second-order valence-corrected chi connectivity index (χ2v) is 6.26. The van der Waals surface area contributed by atoms with Crippen molar-refractivity contribution in [2.24, 2.45) is 0 Å². The number of benzene rings is 2. The van der Waals surface area contributed by atoms with Crippen LogP contribution in [0.5, 0.6) is 0 Å². The van der Waals surface area contributed by atoms with E-state index in [-0.39, 0.29) is 5.91 Å². The smallest absolute Gasteiger partial charge is 0.250 e. The van der Waals surface area contributed by atoms with Crippen molar-refractivity contribution in [1.29, 1.82) is 0 Å². The molecule has 0 atom stereocenters. The van der Waals surface area contributed by atoms with E-state index in [0.717, 1.165) is 16.6 Å². The zero-order chi connectivity index (χ0) is 17.1. The largest absolute Gasteiger partial charge is 0.465 e. The lowest BCUT2D eigenvalue weighted by molar-refractivity contribution is -0.111. The molecule has 1 N–H and O–H groups in total. The minimum atomic E-state index is -0.241. The molecule has 2 aromatic carbocycles. The third kappa shape index (κ3) is 3.36. The Bertz CT molecular complexity index is 1040. The lowest BCUT2D eigenvalue weighted by Crippen LogP contribution is -2.07. The van der Waals surface area contributed by atoms with Crippen LogP contribution in [0.3, 0.4) is 0 Å². The number of hydrogen-bond donors (Lipinski definition) is 1. The van der Waals surface area contributed by atoms with Gasteiger partial charge in [-0.05, 0) is 29.0 Å². The Hall–Kier alpha value is -3.18. The molecular formula is C20H14N2O2S. The van der Waals surface area contributed by atoms with Gasteiger partial charge in [0.25, 0.3) is 0 Å².